The molecular weight excluding hydrogens is 366 g/mol. The van der Waals surface area contributed by atoms with E-state index in [1.807, 2.05) is 24.3 Å². The number of carbonyl (C=O) groups excluding carboxylic acids is 1. The molecule has 29 heavy (non-hydrogen) atoms. The summed E-state index contributed by atoms with van der Waals surface area (Å²) in [4.78, 5) is 27.3. The number of hydrogen-bond acceptors (Lipinski definition) is 5. The van der Waals surface area contributed by atoms with Crippen molar-refractivity contribution in [1.82, 2.24) is 9.80 Å². The zero-order chi connectivity index (χ0) is 20.2. The Kier molecular flexibility index (Phi) is 6.02. The number of nitro benzene ring substituents is 1. The fourth-order valence-corrected chi connectivity index (χ4v) is 4.72. The smallest absolute Gasteiger partial charge is 0.272 e. The number of aldehydes is 1. The molecule has 0 N–H and O–H groups in total. The summed E-state index contributed by atoms with van der Waals surface area (Å²) in [6.07, 6.45) is 3.99. The van der Waals surface area contributed by atoms with Crippen molar-refractivity contribution in [2.24, 2.45) is 5.92 Å². The van der Waals surface area contributed by atoms with Gasteiger partial charge in [0.2, 0.25) is 0 Å². The lowest BCUT2D eigenvalue weighted by Gasteiger charge is -2.34. The third-order valence-corrected chi connectivity index (χ3v) is 6.36. The van der Waals surface area contributed by atoms with E-state index >= 15 is 0 Å². The zero-order valence-corrected chi connectivity index (χ0v) is 16.6. The highest BCUT2D eigenvalue weighted by Crippen LogP contribution is 2.34. The van der Waals surface area contributed by atoms with Crippen molar-refractivity contribution in [1.29, 1.82) is 0 Å². The summed E-state index contributed by atoms with van der Waals surface area (Å²) in [6, 6.07) is 15.2. The molecule has 2 aliphatic heterocycles. The van der Waals surface area contributed by atoms with E-state index in [4.69, 9.17) is 0 Å². The van der Waals surface area contributed by atoms with Gasteiger partial charge in [-0.3, -0.25) is 15.0 Å². The monoisotopic (exact) mass is 393 g/mol. The maximum Gasteiger partial charge on any atom is 0.272 e. The topological polar surface area (TPSA) is 66.7 Å². The lowest BCUT2D eigenvalue weighted by atomic mass is 9.95. The largest absolute Gasteiger partial charge is 0.303 e. The molecule has 0 radical (unpaired) electrons. The van der Waals surface area contributed by atoms with Crippen LogP contribution < -0.4 is 0 Å². The van der Waals surface area contributed by atoms with Crippen molar-refractivity contribution < 1.29 is 9.72 Å². The van der Waals surface area contributed by atoms with Crippen molar-refractivity contribution >= 4 is 12.0 Å². The van der Waals surface area contributed by atoms with Crippen LogP contribution in [-0.2, 0) is 17.8 Å². The Morgan fingerprint density at radius 3 is 2.55 bits per heavy atom. The Morgan fingerprint density at radius 2 is 1.79 bits per heavy atom. The van der Waals surface area contributed by atoms with Gasteiger partial charge in [0.05, 0.1) is 11.0 Å². The highest BCUT2D eigenvalue weighted by Gasteiger charge is 2.32. The van der Waals surface area contributed by atoms with Crippen LogP contribution in [0.15, 0.2) is 48.5 Å². The van der Waals surface area contributed by atoms with E-state index in [0.29, 0.717) is 12.3 Å². The van der Waals surface area contributed by atoms with Crippen LogP contribution in [0.2, 0.25) is 0 Å². The molecule has 0 bridgehead atoms. The Bertz CT molecular complexity index is 877. The van der Waals surface area contributed by atoms with E-state index in [9.17, 15) is 14.9 Å². The predicted molar refractivity (Wildman–Crippen MR) is 112 cm³/mol. The molecule has 1 fully saturated rings. The van der Waals surface area contributed by atoms with Gasteiger partial charge in [-0.1, -0.05) is 42.5 Å². The minimum absolute atomic E-state index is 0.108. The van der Waals surface area contributed by atoms with Gasteiger partial charge < -0.3 is 9.69 Å². The van der Waals surface area contributed by atoms with Crippen LogP contribution in [0.25, 0.3) is 0 Å². The standard InChI is InChI=1S/C23H27N3O3/c27-17-23-21-7-3-1-6-20(21)16-25(23)15-18-9-12-24(13-10-18)14-11-19-5-2-4-8-22(19)26(28)29/h1-8,17-18,23H,9-16H2. The molecule has 1 saturated heterocycles. The van der Waals surface area contributed by atoms with Crippen LogP contribution in [0.1, 0.15) is 35.6 Å². The molecule has 6 nitrogen and oxygen atoms in total. The zero-order valence-electron chi connectivity index (χ0n) is 16.6. The van der Waals surface area contributed by atoms with Crippen molar-refractivity contribution in [3.63, 3.8) is 0 Å². The third kappa shape index (κ3) is 4.38. The minimum atomic E-state index is -0.293. The van der Waals surface area contributed by atoms with Crippen molar-refractivity contribution in [3.8, 4) is 0 Å². The quantitative estimate of drug-likeness (QED) is 0.408. The number of carbonyl (C=O) groups is 1. The fourth-order valence-electron chi connectivity index (χ4n) is 4.72. The molecule has 2 aliphatic rings. The molecule has 2 heterocycles. The van der Waals surface area contributed by atoms with Gasteiger partial charge in [-0.2, -0.15) is 0 Å². The first-order valence-electron chi connectivity index (χ1n) is 10.4. The van der Waals surface area contributed by atoms with Gasteiger partial charge in [0.15, 0.2) is 0 Å². The summed E-state index contributed by atoms with van der Waals surface area (Å²) in [5, 5.41) is 11.2. The predicted octanol–water partition coefficient (Wildman–Crippen LogP) is 3.61. The van der Waals surface area contributed by atoms with Crippen LogP contribution >= 0.6 is 0 Å². The molecule has 0 aliphatic carbocycles. The second-order valence-corrected chi connectivity index (χ2v) is 8.13. The Labute approximate surface area is 171 Å². The number of piperidine rings is 1. The van der Waals surface area contributed by atoms with Crippen LogP contribution in [0, 0.1) is 16.0 Å². The van der Waals surface area contributed by atoms with Crippen molar-refractivity contribution in [3.05, 3.63) is 75.3 Å². The first-order valence-corrected chi connectivity index (χ1v) is 10.4. The number of para-hydroxylation sites is 1. The van der Waals surface area contributed by atoms with Crippen LogP contribution in [0.3, 0.4) is 0 Å². The van der Waals surface area contributed by atoms with Crippen molar-refractivity contribution in [2.75, 3.05) is 26.2 Å². The van der Waals surface area contributed by atoms with Gasteiger partial charge in [-0.25, -0.2) is 0 Å². The van der Waals surface area contributed by atoms with Gasteiger partial charge >= 0.3 is 0 Å². The third-order valence-electron chi connectivity index (χ3n) is 6.36. The molecule has 0 spiro atoms. The number of fused-ring (bicyclic) bond motifs is 1. The average Bonchev–Trinajstić information content (AvgIpc) is 3.10. The number of nitro groups is 1. The average molecular weight is 393 g/mol. The lowest BCUT2D eigenvalue weighted by Crippen LogP contribution is -2.39. The van der Waals surface area contributed by atoms with Gasteiger partial charge in [-0.15, -0.1) is 0 Å². The second kappa shape index (κ2) is 8.84. The SMILES string of the molecule is O=CC1c2ccccc2CN1CC1CCN(CCc2ccccc2[N+](=O)[O-])CC1. The first-order chi connectivity index (χ1) is 14.2. The summed E-state index contributed by atoms with van der Waals surface area (Å²) < 4.78 is 0. The summed E-state index contributed by atoms with van der Waals surface area (Å²) in [6.45, 7) is 4.69. The molecule has 0 aromatic heterocycles. The molecular formula is C23H27N3O3. The van der Waals surface area contributed by atoms with Crippen molar-refractivity contribution in [2.45, 2.75) is 31.8 Å². The number of hydrogen-bond donors (Lipinski definition) is 0. The molecule has 6 heteroatoms. The van der Waals surface area contributed by atoms with Crippen LogP contribution in [-0.4, -0.2) is 47.2 Å². The molecule has 1 unspecified atom stereocenters. The number of nitrogens with zero attached hydrogens (tertiary/aromatic N) is 3. The van der Waals surface area contributed by atoms with Gasteiger partial charge in [0, 0.05) is 31.3 Å². The van der Waals surface area contributed by atoms with E-state index in [0.717, 1.165) is 63.0 Å². The summed E-state index contributed by atoms with van der Waals surface area (Å²) in [5.74, 6) is 0.592. The molecule has 1 atom stereocenters. The number of benzene rings is 2. The highest BCUT2D eigenvalue weighted by molar-refractivity contribution is 5.64. The molecule has 2 aromatic carbocycles. The Hall–Kier alpha value is -2.57. The fraction of sp³-hybridized carbons (Fsp3) is 0.435. The second-order valence-electron chi connectivity index (χ2n) is 8.13. The van der Waals surface area contributed by atoms with E-state index in [-0.39, 0.29) is 16.7 Å². The summed E-state index contributed by atoms with van der Waals surface area (Å²) in [5.41, 5.74) is 3.45. The Balaban J connectivity index is 1.27. The maximum absolute atomic E-state index is 11.7. The number of rotatable bonds is 7. The normalized spacial score (nSPS) is 20.5. The summed E-state index contributed by atoms with van der Waals surface area (Å²) in [7, 11) is 0. The maximum atomic E-state index is 11.7. The van der Waals surface area contributed by atoms with Gasteiger partial charge in [0.25, 0.3) is 5.69 Å². The molecule has 2 aromatic rings. The first kappa shape index (κ1) is 19.7. The minimum Gasteiger partial charge on any atom is -0.303 e. The molecule has 4 rings (SSSR count). The molecule has 0 amide bonds. The van der Waals surface area contributed by atoms with Crippen LogP contribution in [0.4, 0.5) is 5.69 Å². The van der Waals surface area contributed by atoms with Gasteiger partial charge in [0.1, 0.15) is 6.29 Å². The van der Waals surface area contributed by atoms with E-state index in [1.54, 1.807) is 12.1 Å². The molecule has 152 valence electrons. The lowest BCUT2D eigenvalue weighted by molar-refractivity contribution is -0.385. The Morgan fingerprint density at radius 1 is 1.07 bits per heavy atom. The van der Waals surface area contributed by atoms with Gasteiger partial charge in [-0.05, 0) is 49.4 Å². The van der Waals surface area contributed by atoms with E-state index < -0.39 is 0 Å². The summed E-state index contributed by atoms with van der Waals surface area (Å²) >= 11 is 0. The highest BCUT2D eigenvalue weighted by atomic mass is 16.6. The van der Waals surface area contributed by atoms with E-state index in [2.05, 4.69) is 21.9 Å². The van der Waals surface area contributed by atoms with E-state index in [1.165, 1.54) is 5.56 Å². The van der Waals surface area contributed by atoms with Crippen LogP contribution in [0.5, 0.6) is 0 Å². The number of likely N-dealkylation sites (tertiary alicyclic amines) is 1. The molecule has 0 saturated carbocycles.